The minimum Gasteiger partial charge on any atom is -0.496 e. The number of nitrogens with zero attached hydrogens (tertiary/aromatic N) is 1. The topological polar surface area (TPSA) is 75.1 Å². The molecule has 27 heavy (non-hydrogen) atoms. The number of nitrogens with one attached hydrogen (secondary N) is 2. The second-order valence-electron chi connectivity index (χ2n) is 7.02. The Bertz CT molecular complexity index is 535. The van der Waals surface area contributed by atoms with Crippen molar-refractivity contribution in [1.29, 1.82) is 0 Å². The van der Waals surface area contributed by atoms with Crippen LogP contribution in [0, 0.1) is 11.8 Å². The third-order valence-electron chi connectivity index (χ3n) is 4.18. The average molecular weight is 380 g/mol. The summed E-state index contributed by atoms with van der Waals surface area (Å²) in [6, 6.07) is 7.88. The fraction of sp³-hybridized carbons (Fsp3) is 0.667. The Kier molecular flexibility index (Phi) is 12.3. The van der Waals surface area contributed by atoms with Crippen LogP contribution in [-0.2, 0) is 11.3 Å². The maximum absolute atomic E-state index is 9.24. The van der Waals surface area contributed by atoms with E-state index in [1.165, 1.54) is 0 Å². The van der Waals surface area contributed by atoms with Gasteiger partial charge in [-0.15, -0.1) is 0 Å². The summed E-state index contributed by atoms with van der Waals surface area (Å²) in [6.45, 7) is 9.98. The zero-order valence-electron chi connectivity index (χ0n) is 17.3. The average Bonchev–Trinajstić information content (AvgIpc) is 2.65. The summed E-state index contributed by atoms with van der Waals surface area (Å²) in [4.78, 5) is 4.68. The van der Waals surface area contributed by atoms with Gasteiger partial charge in [0, 0.05) is 31.8 Å². The van der Waals surface area contributed by atoms with Crippen molar-refractivity contribution in [1.82, 2.24) is 10.6 Å². The number of methoxy groups -OCH3 is 1. The standard InChI is InChI=1S/C21H37N3O3/c1-5-22-21(24-15-18(10-12-25)14-17(2)3)23-11-13-27-16-19-8-6-7-9-20(19)26-4/h6-9,17-18,25H,5,10-16H2,1-4H3,(H2,22,23,24). The Morgan fingerprint density at radius 2 is 2.00 bits per heavy atom. The highest BCUT2D eigenvalue weighted by Crippen LogP contribution is 2.18. The Hall–Kier alpha value is -1.79. The zero-order valence-corrected chi connectivity index (χ0v) is 17.3. The van der Waals surface area contributed by atoms with Crippen LogP contribution in [0.5, 0.6) is 5.75 Å². The van der Waals surface area contributed by atoms with Gasteiger partial charge in [0.1, 0.15) is 5.75 Å². The van der Waals surface area contributed by atoms with Gasteiger partial charge in [0.15, 0.2) is 5.96 Å². The third-order valence-corrected chi connectivity index (χ3v) is 4.18. The molecule has 154 valence electrons. The quantitative estimate of drug-likeness (QED) is 0.279. The van der Waals surface area contributed by atoms with Crippen LogP contribution in [0.2, 0.25) is 0 Å². The molecule has 1 aromatic rings. The van der Waals surface area contributed by atoms with Crippen LogP contribution < -0.4 is 15.4 Å². The molecule has 0 aliphatic heterocycles. The van der Waals surface area contributed by atoms with Gasteiger partial charge in [-0.2, -0.15) is 0 Å². The summed E-state index contributed by atoms with van der Waals surface area (Å²) in [5.41, 5.74) is 1.04. The molecule has 0 aromatic heterocycles. The number of hydrogen-bond acceptors (Lipinski definition) is 4. The van der Waals surface area contributed by atoms with E-state index in [-0.39, 0.29) is 6.61 Å². The highest BCUT2D eigenvalue weighted by atomic mass is 16.5. The van der Waals surface area contributed by atoms with E-state index in [4.69, 9.17) is 9.47 Å². The molecule has 0 aliphatic rings. The second kappa shape index (κ2) is 14.3. The number of aliphatic hydroxyl groups excluding tert-OH is 1. The second-order valence-corrected chi connectivity index (χ2v) is 7.02. The maximum atomic E-state index is 9.24. The van der Waals surface area contributed by atoms with Crippen LogP contribution in [0.25, 0.3) is 0 Å². The first-order chi connectivity index (χ1) is 13.1. The van der Waals surface area contributed by atoms with E-state index in [0.717, 1.165) is 43.2 Å². The summed E-state index contributed by atoms with van der Waals surface area (Å²) in [6.07, 6.45) is 1.87. The predicted molar refractivity (Wildman–Crippen MR) is 111 cm³/mol. The SMILES string of the molecule is CCNC(=NCC(CCO)CC(C)C)NCCOCc1ccccc1OC. The van der Waals surface area contributed by atoms with E-state index < -0.39 is 0 Å². The smallest absolute Gasteiger partial charge is 0.191 e. The van der Waals surface area contributed by atoms with Crippen LogP contribution in [0.15, 0.2) is 29.3 Å². The fourth-order valence-corrected chi connectivity index (χ4v) is 2.94. The van der Waals surface area contributed by atoms with Crippen molar-refractivity contribution < 1.29 is 14.6 Å². The molecule has 1 atom stereocenters. The molecule has 0 fully saturated rings. The Morgan fingerprint density at radius 3 is 2.67 bits per heavy atom. The maximum Gasteiger partial charge on any atom is 0.191 e. The van der Waals surface area contributed by atoms with E-state index in [1.54, 1.807) is 7.11 Å². The van der Waals surface area contributed by atoms with E-state index >= 15 is 0 Å². The minimum absolute atomic E-state index is 0.216. The number of guanidine groups is 1. The fourth-order valence-electron chi connectivity index (χ4n) is 2.94. The largest absolute Gasteiger partial charge is 0.496 e. The third kappa shape index (κ3) is 10.2. The molecule has 1 unspecified atom stereocenters. The first kappa shape index (κ1) is 23.2. The Labute approximate surface area is 164 Å². The summed E-state index contributed by atoms with van der Waals surface area (Å²) < 4.78 is 11.1. The van der Waals surface area contributed by atoms with E-state index in [1.807, 2.05) is 24.3 Å². The van der Waals surface area contributed by atoms with Gasteiger partial charge in [-0.1, -0.05) is 32.0 Å². The van der Waals surface area contributed by atoms with Gasteiger partial charge < -0.3 is 25.2 Å². The van der Waals surface area contributed by atoms with E-state index in [0.29, 0.717) is 31.6 Å². The Balaban J connectivity index is 2.40. The minimum atomic E-state index is 0.216. The molecule has 6 heteroatoms. The van der Waals surface area contributed by atoms with E-state index in [9.17, 15) is 5.11 Å². The molecular weight excluding hydrogens is 342 g/mol. The van der Waals surface area contributed by atoms with Crippen LogP contribution in [-0.4, -0.2) is 51.0 Å². The van der Waals surface area contributed by atoms with Crippen LogP contribution in [0.1, 0.15) is 39.2 Å². The van der Waals surface area contributed by atoms with Crippen molar-refractivity contribution >= 4 is 5.96 Å². The van der Waals surface area contributed by atoms with Crippen LogP contribution >= 0.6 is 0 Å². The number of ether oxygens (including phenoxy) is 2. The van der Waals surface area contributed by atoms with Gasteiger partial charge in [0.2, 0.25) is 0 Å². The summed E-state index contributed by atoms with van der Waals surface area (Å²) >= 11 is 0. The highest BCUT2D eigenvalue weighted by Gasteiger charge is 2.10. The molecule has 0 aliphatic carbocycles. The summed E-state index contributed by atoms with van der Waals surface area (Å²) in [5.74, 6) is 2.66. The lowest BCUT2D eigenvalue weighted by molar-refractivity contribution is 0.123. The van der Waals surface area contributed by atoms with E-state index in [2.05, 4.69) is 36.4 Å². The molecule has 0 spiro atoms. The van der Waals surface area contributed by atoms with Crippen molar-refractivity contribution in [2.45, 2.75) is 40.2 Å². The molecule has 0 saturated carbocycles. The molecule has 6 nitrogen and oxygen atoms in total. The molecular formula is C21H37N3O3. The molecule has 3 N–H and O–H groups in total. The molecule has 0 radical (unpaired) electrons. The van der Waals surface area contributed by atoms with Gasteiger partial charge in [0.25, 0.3) is 0 Å². The molecule has 0 bridgehead atoms. The number of benzene rings is 1. The van der Waals surface area contributed by atoms with Crippen LogP contribution in [0.4, 0.5) is 0 Å². The lowest BCUT2D eigenvalue weighted by Gasteiger charge is -2.17. The monoisotopic (exact) mass is 379 g/mol. The zero-order chi connectivity index (χ0) is 19.9. The summed E-state index contributed by atoms with van der Waals surface area (Å²) in [5, 5.41) is 15.8. The van der Waals surface area contributed by atoms with Crippen molar-refractivity contribution in [2.75, 3.05) is 40.0 Å². The lowest BCUT2D eigenvalue weighted by atomic mass is 9.94. The highest BCUT2D eigenvalue weighted by molar-refractivity contribution is 5.79. The van der Waals surface area contributed by atoms with Gasteiger partial charge in [-0.05, 0) is 37.7 Å². The van der Waals surface area contributed by atoms with Crippen LogP contribution in [0.3, 0.4) is 0 Å². The molecule has 0 heterocycles. The van der Waals surface area contributed by atoms with Crippen molar-refractivity contribution in [3.8, 4) is 5.75 Å². The lowest BCUT2D eigenvalue weighted by Crippen LogP contribution is -2.39. The van der Waals surface area contributed by atoms with Crippen molar-refractivity contribution in [2.24, 2.45) is 16.8 Å². The normalized spacial score (nSPS) is 12.9. The number of aliphatic hydroxyl groups is 1. The number of para-hydroxylation sites is 1. The van der Waals surface area contributed by atoms with Crippen molar-refractivity contribution in [3.05, 3.63) is 29.8 Å². The molecule has 0 amide bonds. The van der Waals surface area contributed by atoms with Gasteiger partial charge in [-0.25, -0.2) is 0 Å². The number of rotatable bonds is 13. The first-order valence-electron chi connectivity index (χ1n) is 9.93. The molecule has 1 rings (SSSR count). The predicted octanol–water partition coefficient (Wildman–Crippen LogP) is 2.81. The van der Waals surface area contributed by atoms with Gasteiger partial charge in [-0.3, -0.25) is 4.99 Å². The first-order valence-corrected chi connectivity index (χ1v) is 9.93. The molecule has 1 aromatic carbocycles. The van der Waals surface area contributed by atoms with Gasteiger partial charge >= 0.3 is 0 Å². The molecule has 0 saturated heterocycles. The van der Waals surface area contributed by atoms with Gasteiger partial charge in [0.05, 0.1) is 20.3 Å². The van der Waals surface area contributed by atoms with Crippen molar-refractivity contribution in [3.63, 3.8) is 0 Å². The summed E-state index contributed by atoms with van der Waals surface area (Å²) in [7, 11) is 1.67. The number of hydrogen-bond donors (Lipinski definition) is 3. The Morgan fingerprint density at radius 1 is 1.22 bits per heavy atom. The number of aliphatic imine (C=N–C) groups is 1.